The molecule has 2 aromatic rings. The van der Waals surface area contributed by atoms with Crippen LogP contribution in [-0.4, -0.2) is 41.6 Å². The molecule has 1 aromatic carbocycles. The maximum atomic E-state index is 13.2. The number of H-pyrrole nitrogens is 1. The molecule has 0 spiro atoms. The third-order valence-corrected chi connectivity index (χ3v) is 8.84. The number of nitrogens with zero attached hydrogens (tertiary/aromatic N) is 1. The number of benzene rings is 1. The van der Waals surface area contributed by atoms with Gasteiger partial charge in [0, 0.05) is 0 Å². The first-order chi connectivity index (χ1) is 14.8. The van der Waals surface area contributed by atoms with Crippen LogP contribution in [0.1, 0.15) is 55.1 Å². The van der Waals surface area contributed by atoms with Crippen LogP contribution >= 0.6 is 0 Å². The van der Waals surface area contributed by atoms with Gasteiger partial charge in [0.1, 0.15) is 0 Å². The summed E-state index contributed by atoms with van der Waals surface area (Å²) in [6, 6.07) is 6.75. The van der Waals surface area contributed by atoms with Gasteiger partial charge in [-0.2, -0.15) is 0 Å². The summed E-state index contributed by atoms with van der Waals surface area (Å²) in [5.41, 5.74) is 6.37. The van der Waals surface area contributed by atoms with Crippen molar-refractivity contribution in [3.63, 3.8) is 0 Å². The van der Waals surface area contributed by atoms with E-state index in [2.05, 4.69) is 34.4 Å². The number of halogens is 1. The topological polar surface area (TPSA) is 74.4 Å². The zero-order valence-electron chi connectivity index (χ0n) is 18.7. The average Bonchev–Trinajstić information content (AvgIpc) is 3.58. The van der Waals surface area contributed by atoms with Crippen molar-refractivity contribution in [1.29, 1.82) is 0 Å². The van der Waals surface area contributed by atoms with Crippen LogP contribution in [0.25, 0.3) is 0 Å². The standard InChI is InChI=1S/C24H31IN3O3/c1-14-9-15(2)27-24(30)20(14)13-26-23(29)19-10-17(21-12-25-21)11-22(16(19)3)28(4)18-5-7-31-8-6-18/h9-11,18,21H,5-8,12-13H2,1-4H3,(H,26,29)(H,27,30)/q-1. The molecule has 1 unspecified atom stereocenters. The number of pyridine rings is 1. The number of aryl methyl sites for hydroxylation is 2. The number of alkyl halides is 2. The Morgan fingerprint density at radius 3 is 2.58 bits per heavy atom. The Bertz CT molecular complexity index is 1040. The van der Waals surface area contributed by atoms with Crippen LogP contribution < -0.4 is 37.0 Å². The van der Waals surface area contributed by atoms with Crippen molar-refractivity contribution in [3.8, 4) is 0 Å². The fourth-order valence-corrected chi connectivity index (χ4v) is 5.99. The van der Waals surface area contributed by atoms with Gasteiger partial charge in [0.2, 0.25) is 0 Å². The summed E-state index contributed by atoms with van der Waals surface area (Å²) < 4.78 is 7.49. The number of carbonyl (C=O) groups is 1. The number of nitrogens with one attached hydrogen (secondary N) is 2. The molecular weight excluding hydrogens is 505 g/mol. The molecule has 2 fully saturated rings. The summed E-state index contributed by atoms with van der Waals surface area (Å²) in [7, 11) is 2.14. The van der Waals surface area contributed by atoms with Gasteiger partial charge in [0.15, 0.2) is 0 Å². The van der Waals surface area contributed by atoms with Crippen LogP contribution in [0.2, 0.25) is 0 Å². The van der Waals surface area contributed by atoms with E-state index in [1.807, 2.05) is 26.8 Å². The predicted octanol–water partition coefficient (Wildman–Crippen LogP) is -0.0109. The molecule has 0 radical (unpaired) electrons. The molecular formula is C24H31IN3O3-. The molecule has 31 heavy (non-hydrogen) atoms. The zero-order valence-corrected chi connectivity index (χ0v) is 20.8. The van der Waals surface area contributed by atoms with Crippen molar-refractivity contribution in [1.82, 2.24) is 10.3 Å². The quantitative estimate of drug-likeness (QED) is 0.403. The number of carbonyl (C=O) groups excluding carboxylic acids is 1. The summed E-state index contributed by atoms with van der Waals surface area (Å²) in [6.45, 7) is 7.62. The molecule has 2 saturated heterocycles. The molecule has 3 heterocycles. The van der Waals surface area contributed by atoms with E-state index in [4.69, 9.17) is 4.74 Å². The van der Waals surface area contributed by atoms with Crippen LogP contribution in [-0.2, 0) is 11.3 Å². The van der Waals surface area contributed by atoms with Gasteiger partial charge >= 0.3 is 194 Å². The number of hydrogen-bond acceptors (Lipinski definition) is 4. The Morgan fingerprint density at radius 2 is 1.94 bits per heavy atom. The van der Waals surface area contributed by atoms with E-state index >= 15 is 0 Å². The van der Waals surface area contributed by atoms with Gasteiger partial charge in [0.25, 0.3) is 0 Å². The minimum atomic E-state index is -0.133. The summed E-state index contributed by atoms with van der Waals surface area (Å²) >= 11 is 0.232. The summed E-state index contributed by atoms with van der Waals surface area (Å²) in [5.74, 6) is -0.112. The molecule has 0 saturated carbocycles. The number of amides is 1. The Kier molecular flexibility index (Phi) is 6.71. The number of hydrogen-bond donors (Lipinski definition) is 2. The van der Waals surface area contributed by atoms with E-state index in [0.29, 0.717) is 15.5 Å². The summed E-state index contributed by atoms with van der Waals surface area (Å²) in [5, 5.41) is 3.00. The molecule has 4 rings (SSSR count). The fourth-order valence-electron chi connectivity index (χ4n) is 4.36. The molecule has 1 amide bonds. The molecule has 1 aromatic heterocycles. The minimum absolute atomic E-state index is 0.112. The van der Waals surface area contributed by atoms with Crippen LogP contribution in [0.4, 0.5) is 5.69 Å². The Labute approximate surface area is 194 Å². The van der Waals surface area contributed by atoms with Gasteiger partial charge in [-0.1, -0.05) is 0 Å². The summed E-state index contributed by atoms with van der Waals surface area (Å²) in [6.07, 6.45) is 2.01. The van der Waals surface area contributed by atoms with Crippen LogP contribution in [0.3, 0.4) is 0 Å². The number of aromatic nitrogens is 1. The van der Waals surface area contributed by atoms with Crippen molar-refractivity contribution in [2.75, 3.05) is 29.6 Å². The van der Waals surface area contributed by atoms with E-state index in [1.165, 1.54) is 9.99 Å². The van der Waals surface area contributed by atoms with Crippen molar-refractivity contribution >= 4 is 11.6 Å². The molecule has 7 heteroatoms. The van der Waals surface area contributed by atoms with Gasteiger partial charge in [0.05, 0.1) is 0 Å². The van der Waals surface area contributed by atoms with E-state index in [-0.39, 0.29) is 39.2 Å². The second-order valence-electron chi connectivity index (χ2n) is 8.57. The SMILES string of the molecule is Cc1cc(C)c(CNC(=O)c2cc(C3C[I-]3)cc(N(C)C3CCOCC3)c2C)c(=O)[nH]1. The Hall–Kier alpha value is -1.87. The molecule has 0 bridgehead atoms. The fraction of sp³-hybridized carbons (Fsp3) is 0.500. The van der Waals surface area contributed by atoms with Gasteiger partial charge in [-0.25, -0.2) is 0 Å². The molecule has 1 atom stereocenters. The molecule has 2 N–H and O–H groups in total. The van der Waals surface area contributed by atoms with E-state index in [9.17, 15) is 9.59 Å². The van der Waals surface area contributed by atoms with E-state index in [1.54, 1.807) is 0 Å². The van der Waals surface area contributed by atoms with E-state index < -0.39 is 0 Å². The van der Waals surface area contributed by atoms with Gasteiger partial charge in [-0.05, 0) is 0 Å². The van der Waals surface area contributed by atoms with Crippen molar-refractivity contribution in [3.05, 3.63) is 62.1 Å². The second kappa shape index (κ2) is 9.32. The third-order valence-electron chi connectivity index (χ3n) is 6.36. The van der Waals surface area contributed by atoms with Gasteiger partial charge in [-0.15, -0.1) is 0 Å². The number of aromatic amines is 1. The van der Waals surface area contributed by atoms with Crippen LogP contribution in [0.15, 0.2) is 23.0 Å². The predicted molar refractivity (Wildman–Crippen MR) is 119 cm³/mol. The molecule has 0 aliphatic carbocycles. The van der Waals surface area contributed by atoms with Crippen molar-refractivity contribution in [2.45, 2.75) is 50.1 Å². The van der Waals surface area contributed by atoms with Crippen LogP contribution in [0, 0.1) is 20.8 Å². The number of rotatable bonds is 6. The van der Waals surface area contributed by atoms with Gasteiger partial charge < -0.3 is 0 Å². The normalized spacial score (nSPS) is 18.9. The number of anilines is 1. The maximum absolute atomic E-state index is 13.2. The van der Waals surface area contributed by atoms with Crippen molar-refractivity contribution < 1.29 is 30.7 Å². The van der Waals surface area contributed by atoms with Crippen LogP contribution in [0.5, 0.6) is 0 Å². The second-order valence-corrected chi connectivity index (χ2v) is 11.8. The molecule has 2 aliphatic rings. The first kappa shape index (κ1) is 22.3. The van der Waals surface area contributed by atoms with Gasteiger partial charge in [-0.3, -0.25) is 0 Å². The first-order valence-corrected chi connectivity index (χ1v) is 13.6. The molecule has 2 aliphatic heterocycles. The first-order valence-electron chi connectivity index (χ1n) is 10.9. The molecule has 6 nitrogen and oxygen atoms in total. The monoisotopic (exact) mass is 536 g/mol. The third kappa shape index (κ3) is 4.98. The Balaban J connectivity index is 1.60. The van der Waals surface area contributed by atoms with Crippen molar-refractivity contribution in [2.24, 2.45) is 0 Å². The Morgan fingerprint density at radius 1 is 1.23 bits per heavy atom. The average molecular weight is 536 g/mol. The molecule has 168 valence electrons. The summed E-state index contributed by atoms with van der Waals surface area (Å²) in [4.78, 5) is 30.7. The number of ether oxygens (including phenoxy) is 1. The van der Waals surface area contributed by atoms with E-state index in [0.717, 1.165) is 54.1 Å². The zero-order chi connectivity index (χ0) is 22.1.